The van der Waals surface area contributed by atoms with Crippen LogP contribution in [0.3, 0.4) is 0 Å². The van der Waals surface area contributed by atoms with Gasteiger partial charge in [0.15, 0.2) is 5.82 Å². The summed E-state index contributed by atoms with van der Waals surface area (Å²) in [5.41, 5.74) is 14.6. The third-order valence-electron chi connectivity index (χ3n) is 11.6. The molecule has 12 rings (SSSR count). The summed E-state index contributed by atoms with van der Waals surface area (Å²) in [4.78, 5) is 14.9. The number of rotatable bonds is 6. The Hall–Kier alpha value is -8.15. The van der Waals surface area contributed by atoms with Gasteiger partial charge in [-0.1, -0.05) is 115 Å². The molecule has 4 heterocycles. The van der Waals surface area contributed by atoms with Gasteiger partial charge >= 0.3 is 0 Å². The van der Waals surface area contributed by atoms with Gasteiger partial charge in [-0.2, -0.15) is 0 Å². The van der Waals surface area contributed by atoms with Crippen LogP contribution in [0.15, 0.2) is 209 Å². The van der Waals surface area contributed by atoms with Crippen LogP contribution in [0.2, 0.25) is 0 Å². The van der Waals surface area contributed by atoms with E-state index in [1.807, 2.05) is 36.5 Å². The Balaban J connectivity index is 1.07. The molecule has 12 aromatic rings. The first-order chi connectivity index (χ1) is 29.7. The predicted octanol–water partition coefficient (Wildman–Crippen LogP) is 14.8. The number of aromatic nitrogens is 3. The minimum atomic E-state index is 0.661. The quantitative estimate of drug-likeness (QED) is 0.169. The van der Waals surface area contributed by atoms with Crippen molar-refractivity contribution in [3.63, 3.8) is 0 Å². The Bertz CT molecular complexity index is 3470. The lowest BCUT2D eigenvalue weighted by molar-refractivity contribution is 0.668. The van der Waals surface area contributed by atoms with E-state index in [0.717, 1.165) is 111 Å². The van der Waals surface area contributed by atoms with E-state index in [9.17, 15) is 0 Å². The zero-order valence-corrected chi connectivity index (χ0v) is 32.2. The molecular weight excluding hydrogens is 735 g/mol. The van der Waals surface area contributed by atoms with E-state index in [-0.39, 0.29) is 0 Å². The van der Waals surface area contributed by atoms with E-state index in [0.29, 0.717) is 5.82 Å². The van der Waals surface area contributed by atoms with Gasteiger partial charge in [0.1, 0.15) is 22.3 Å². The van der Waals surface area contributed by atoms with Gasteiger partial charge in [0.25, 0.3) is 0 Å². The maximum Gasteiger partial charge on any atom is 0.160 e. The number of benzene rings is 8. The van der Waals surface area contributed by atoms with Crippen molar-refractivity contribution >= 4 is 54.6 Å². The molecule has 0 atom stereocenters. The summed E-state index contributed by atoms with van der Waals surface area (Å²) in [5.74, 6) is 0.661. The summed E-state index contributed by atoms with van der Waals surface area (Å²) in [7, 11) is 0. The molecule has 8 aromatic carbocycles. The third kappa shape index (κ3) is 5.91. The van der Waals surface area contributed by atoms with E-state index < -0.39 is 0 Å². The number of hydrogen-bond donors (Lipinski definition) is 0. The first-order valence-electron chi connectivity index (χ1n) is 20.0. The van der Waals surface area contributed by atoms with Crippen LogP contribution >= 0.6 is 0 Å². The second kappa shape index (κ2) is 13.8. The normalized spacial score (nSPS) is 11.7. The summed E-state index contributed by atoms with van der Waals surface area (Å²) in [5, 5.41) is 6.67. The summed E-state index contributed by atoms with van der Waals surface area (Å²) in [6, 6.07) is 65.7. The van der Waals surface area contributed by atoms with Gasteiger partial charge in [-0.25, -0.2) is 9.97 Å². The van der Waals surface area contributed by atoms with Gasteiger partial charge in [0, 0.05) is 50.6 Å². The van der Waals surface area contributed by atoms with Gasteiger partial charge in [0.2, 0.25) is 0 Å². The van der Waals surface area contributed by atoms with Gasteiger partial charge in [-0.05, 0) is 117 Å². The van der Waals surface area contributed by atoms with E-state index in [2.05, 4.69) is 163 Å². The molecule has 0 saturated heterocycles. The van der Waals surface area contributed by atoms with Crippen LogP contribution in [0, 0.1) is 0 Å². The van der Waals surface area contributed by atoms with Gasteiger partial charge in [-0.3, -0.25) is 4.98 Å². The maximum absolute atomic E-state index is 6.24. The number of furan rings is 2. The lowest BCUT2D eigenvalue weighted by Crippen LogP contribution is -1.97. The molecule has 0 bridgehead atoms. The monoisotopic (exact) mass is 767 g/mol. The third-order valence-corrected chi connectivity index (χ3v) is 11.6. The van der Waals surface area contributed by atoms with Crippen LogP contribution < -0.4 is 0 Å². The molecule has 0 aliphatic rings. The number of pyridine rings is 1. The standard InChI is InChI=1S/C55H33N3O2/c1-2-9-37-26-40(20-17-34(37)8-1)55-57-49(36-18-15-35(16-19-36)41-10-7-25-56-33-41)32-50(58-55)44-28-42(38-21-23-53-47(30-38)45-11-3-5-13-51(45)59-53)27-43(29-44)39-22-24-54-48(31-39)46-12-4-6-14-52(46)60-54/h1-33H. The zero-order chi connectivity index (χ0) is 39.6. The van der Waals surface area contributed by atoms with E-state index in [1.165, 1.54) is 5.39 Å². The van der Waals surface area contributed by atoms with Gasteiger partial charge in [0.05, 0.1) is 11.4 Å². The van der Waals surface area contributed by atoms with E-state index >= 15 is 0 Å². The Morgan fingerprint density at radius 2 is 0.833 bits per heavy atom. The number of fused-ring (bicyclic) bond motifs is 7. The molecule has 0 unspecified atom stereocenters. The molecule has 60 heavy (non-hydrogen) atoms. The smallest absolute Gasteiger partial charge is 0.160 e. The topological polar surface area (TPSA) is 65.0 Å². The van der Waals surface area contributed by atoms with Crippen molar-refractivity contribution < 1.29 is 8.83 Å². The Labute approximate surface area is 344 Å². The lowest BCUT2D eigenvalue weighted by Gasteiger charge is -2.14. The molecule has 5 nitrogen and oxygen atoms in total. The van der Waals surface area contributed by atoms with Crippen LogP contribution in [-0.2, 0) is 0 Å². The van der Waals surface area contributed by atoms with Gasteiger partial charge < -0.3 is 8.83 Å². The second-order valence-electron chi connectivity index (χ2n) is 15.3. The lowest BCUT2D eigenvalue weighted by atomic mass is 9.93. The highest BCUT2D eigenvalue weighted by molar-refractivity contribution is 6.08. The SMILES string of the molecule is c1cncc(-c2ccc(-c3cc(-c4cc(-c5ccc6oc7ccccc7c6c5)cc(-c5ccc6oc7ccccc7c6c5)c4)nc(-c4ccc5ccccc5c4)n3)cc2)c1. The molecule has 0 aliphatic carbocycles. The molecule has 0 N–H and O–H groups in total. The number of nitrogens with zero attached hydrogens (tertiary/aromatic N) is 3. The zero-order valence-electron chi connectivity index (χ0n) is 32.2. The molecular formula is C55H33N3O2. The number of hydrogen-bond acceptors (Lipinski definition) is 5. The van der Waals surface area contributed by atoms with Crippen molar-refractivity contribution in [2.24, 2.45) is 0 Å². The minimum absolute atomic E-state index is 0.661. The largest absolute Gasteiger partial charge is 0.456 e. The van der Waals surface area contributed by atoms with E-state index in [1.54, 1.807) is 6.20 Å². The summed E-state index contributed by atoms with van der Waals surface area (Å²) >= 11 is 0. The van der Waals surface area contributed by atoms with Crippen molar-refractivity contribution in [2.75, 3.05) is 0 Å². The molecule has 0 radical (unpaired) electrons. The van der Waals surface area contributed by atoms with Crippen LogP contribution in [0.1, 0.15) is 0 Å². The number of para-hydroxylation sites is 2. The average Bonchev–Trinajstić information content (AvgIpc) is 3.89. The molecule has 0 fully saturated rings. The van der Waals surface area contributed by atoms with Crippen LogP contribution in [-0.4, -0.2) is 15.0 Å². The maximum atomic E-state index is 6.24. The fraction of sp³-hybridized carbons (Fsp3) is 0. The first kappa shape index (κ1) is 33.9. The van der Waals surface area contributed by atoms with Crippen LogP contribution in [0.25, 0.3) is 122 Å². The van der Waals surface area contributed by atoms with Gasteiger partial charge in [-0.15, -0.1) is 0 Å². The van der Waals surface area contributed by atoms with Crippen molar-refractivity contribution in [3.8, 4) is 67.3 Å². The molecule has 0 saturated carbocycles. The van der Waals surface area contributed by atoms with Crippen molar-refractivity contribution in [3.05, 3.63) is 200 Å². The molecule has 280 valence electrons. The molecule has 0 aliphatic heterocycles. The average molecular weight is 768 g/mol. The fourth-order valence-corrected chi connectivity index (χ4v) is 8.49. The highest BCUT2D eigenvalue weighted by Gasteiger charge is 2.17. The Morgan fingerprint density at radius 1 is 0.300 bits per heavy atom. The van der Waals surface area contributed by atoms with Crippen LogP contribution in [0.5, 0.6) is 0 Å². The highest BCUT2D eigenvalue weighted by atomic mass is 16.3. The summed E-state index contributed by atoms with van der Waals surface area (Å²) in [6.07, 6.45) is 3.68. The minimum Gasteiger partial charge on any atom is -0.456 e. The second-order valence-corrected chi connectivity index (χ2v) is 15.3. The molecule has 5 heteroatoms. The summed E-state index contributed by atoms with van der Waals surface area (Å²) in [6.45, 7) is 0. The Kier molecular flexibility index (Phi) is 7.78. The molecule has 0 spiro atoms. The summed E-state index contributed by atoms with van der Waals surface area (Å²) < 4.78 is 12.5. The van der Waals surface area contributed by atoms with Crippen molar-refractivity contribution in [1.82, 2.24) is 15.0 Å². The van der Waals surface area contributed by atoms with Crippen LogP contribution in [0.4, 0.5) is 0 Å². The van der Waals surface area contributed by atoms with Crippen molar-refractivity contribution in [2.45, 2.75) is 0 Å². The molecule has 0 amide bonds. The molecule has 4 aromatic heterocycles. The predicted molar refractivity (Wildman–Crippen MR) is 245 cm³/mol. The first-order valence-corrected chi connectivity index (χ1v) is 20.0. The van der Waals surface area contributed by atoms with Crippen molar-refractivity contribution in [1.29, 1.82) is 0 Å². The van der Waals surface area contributed by atoms with E-state index in [4.69, 9.17) is 18.8 Å². The highest BCUT2D eigenvalue weighted by Crippen LogP contribution is 2.39. The fourth-order valence-electron chi connectivity index (χ4n) is 8.49. The Morgan fingerprint density at radius 3 is 1.48 bits per heavy atom.